The smallest absolute Gasteiger partial charge is 0.334 e. The number of nitrogens with one attached hydrogen (secondary N) is 1. The summed E-state index contributed by atoms with van der Waals surface area (Å²) in [7, 11) is 0. The Morgan fingerprint density at radius 3 is 2.75 bits per heavy atom. The molecule has 9 nitrogen and oxygen atoms in total. The second-order valence-corrected chi connectivity index (χ2v) is 3.93. The van der Waals surface area contributed by atoms with Crippen molar-refractivity contribution in [3.05, 3.63) is 38.3 Å². The minimum Gasteiger partial charge on any atom is -0.466 e. The fraction of sp³-hybridized carbons (Fsp3) is 0.455. The fourth-order valence-corrected chi connectivity index (χ4v) is 1.52. The minimum absolute atomic E-state index is 0.0758. The maximum absolute atomic E-state index is 11.2. The number of hydrogen-bond donors (Lipinski definition) is 3. The van der Waals surface area contributed by atoms with Crippen molar-refractivity contribution in [1.82, 2.24) is 4.98 Å². The van der Waals surface area contributed by atoms with Gasteiger partial charge in [-0.15, -0.1) is 0 Å². The molecule has 0 aliphatic heterocycles. The summed E-state index contributed by atoms with van der Waals surface area (Å²) in [5.74, 6) is -0.710. The molecule has 0 fully saturated rings. The number of ether oxygens (including phenoxy) is 1. The summed E-state index contributed by atoms with van der Waals surface area (Å²) in [6, 6.07) is 0.845. The van der Waals surface area contributed by atoms with Crippen molar-refractivity contribution in [2.75, 3.05) is 6.61 Å². The Bertz CT molecular complexity index is 554. The predicted molar refractivity (Wildman–Crippen MR) is 65.9 cm³/mol. The number of carbonyl (C=O) groups excluding carboxylic acids is 1. The minimum atomic E-state index is -1.56. The summed E-state index contributed by atoms with van der Waals surface area (Å²) < 4.78 is 4.60. The van der Waals surface area contributed by atoms with E-state index in [1.165, 1.54) is 0 Å². The van der Waals surface area contributed by atoms with Crippen LogP contribution in [0.15, 0.2) is 17.1 Å². The zero-order valence-electron chi connectivity index (χ0n) is 10.6. The molecular formula is C11H14N2O7. The SMILES string of the molecule is CCOC(=O)CC(O)C(O)c1c[nH]c(=O)c([N+](=O)[O-])c1. The highest BCUT2D eigenvalue weighted by molar-refractivity contribution is 5.70. The molecule has 0 saturated carbocycles. The van der Waals surface area contributed by atoms with E-state index in [1.54, 1.807) is 6.92 Å². The summed E-state index contributed by atoms with van der Waals surface area (Å²) in [5, 5.41) is 30.1. The standard InChI is InChI=1S/C11H14N2O7/c1-2-20-9(15)4-8(14)10(16)6-3-7(13(18)19)11(17)12-5-6/h3,5,8,10,14,16H,2,4H2,1H3,(H,12,17). The van der Waals surface area contributed by atoms with Crippen LogP contribution in [0, 0.1) is 10.1 Å². The van der Waals surface area contributed by atoms with E-state index < -0.39 is 40.8 Å². The third-order valence-electron chi connectivity index (χ3n) is 2.49. The average molecular weight is 286 g/mol. The van der Waals surface area contributed by atoms with Crippen molar-refractivity contribution in [2.45, 2.75) is 25.6 Å². The van der Waals surface area contributed by atoms with E-state index in [0.717, 1.165) is 12.3 Å². The van der Waals surface area contributed by atoms with Gasteiger partial charge in [-0.25, -0.2) is 0 Å². The van der Waals surface area contributed by atoms with Gasteiger partial charge < -0.3 is 19.9 Å². The largest absolute Gasteiger partial charge is 0.466 e. The van der Waals surface area contributed by atoms with Crippen LogP contribution >= 0.6 is 0 Å². The summed E-state index contributed by atoms with van der Waals surface area (Å²) in [6.45, 7) is 1.72. The molecule has 0 radical (unpaired) electrons. The predicted octanol–water partition coefficient (Wildman–Crippen LogP) is -0.369. The number of aliphatic hydroxyl groups is 2. The van der Waals surface area contributed by atoms with Gasteiger partial charge in [0.1, 0.15) is 6.10 Å². The maximum atomic E-state index is 11.2. The van der Waals surface area contributed by atoms with Gasteiger partial charge in [0.25, 0.3) is 0 Å². The third kappa shape index (κ3) is 3.87. The molecule has 9 heteroatoms. The van der Waals surface area contributed by atoms with E-state index in [2.05, 4.69) is 9.72 Å². The molecule has 0 spiro atoms. The van der Waals surface area contributed by atoms with Crippen LogP contribution in [0.4, 0.5) is 5.69 Å². The Morgan fingerprint density at radius 2 is 2.20 bits per heavy atom. The number of pyridine rings is 1. The molecule has 0 bridgehead atoms. The zero-order chi connectivity index (χ0) is 15.3. The number of nitro groups is 1. The number of aromatic nitrogens is 1. The molecule has 2 atom stereocenters. The number of esters is 1. The lowest BCUT2D eigenvalue weighted by atomic mass is 10.0. The van der Waals surface area contributed by atoms with Crippen molar-refractivity contribution in [3.8, 4) is 0 Å². The Morgan fingerprint density at radius 1 is 1.55 bits per heavy atom. The summed E-state index contributed by atoms with van der Waals surface area (Å²) in [5.41, 5.74) is -1.76. The van der Waals surface area contributed by atoms with E-state index in [9.17, 15) is 29.9 Å². The number of H-pyrrole nitrogens is 1. The molecule has 2 unspecified atom stereocenters. The van der Waals surface area contributed by atoms with Crippen LogP contribution in [0.25, 0.3) is 0 Å². The molecular weight excluding hydrogens is 272 g/mol. The van der Waals surface area contributed by atoms with Gasteiger partial charge in [-0.1, -0.05) is 0 Å². The number of hydrogen-bond acceptors (Lipinski definition) is 7. The van der Waals surface area contributed by atoms with Crippen molar-refractivity contribution < 1.29 is 24.7 Å². The highest BCUT2D eigenvalue weighted by atomic mass is 16.6. The van der Waals surface area contributed by atoms with E-state index in [0.29, 0.717) is 0 Å². The first kappa shape index (κ1) is 15.8. The van der Waals surface area contributed by atoms with Crippen LogP contribution in [-0.2, 0) is 9.53 Å². The number of nitrogens with zero attached hydrogens (tertiary/aromatic N) is 1. The molecule has 1 aromatic heterocycles. The lowest BCUT2D eigenvalue weighted by molar-refractivity contribution is -0.386. The summed E-state index contributed by atoms with van der Waals surface area (Å²) in [4.78, 5) is 34.1. The maximum Gasteiger partial charge on any atom is 0.334 e. The Balaban J connectivity index is 2.89. The molecule has 0 aliphatic rings. The van der Waals surface area contributed by atoms with Gasteiger partial charge in [-0.3, -0.25) is 19.7 Å². The van der Waals surface area contributed by atoms with E-state index in [4.69, 9.17) is 0 Å². The quantitative estimate of drug-likeness (QED) is 0.367. The number of rotatable bonds is 6. The van der Waals surface area contributed by atoms with E-state index >= 15 is 0 Å². The summed E-state index contributed by atoms with van der Waals surface area (Å²) in [6.07, 6.45) is -2.49. The molecule has 1 rings (SSSR count). The Labute approximate surface area is 113 Å². The van der Waals surface area contributed by atoms with Gasteiger partial charge in [0.15, 0.2) is 0 Å². The number of carbonyl (C=O) groups is 1. The molecule has 0 aromatic carbocycles. The molecule has 1 heterocycles. The highest BCUT2D eigenvalue weighted by Crippen LogP contribution is 2.20. The van der Waals surface area contributed by atoms with Crippen molar-refractivity contribution in [1.29, 1.82) is 0 Å². The van der Waals surface area contributed by atoms with Crippen LogP contribution in [-0.4, -0.2) is 38.8 Å². The van der Waals surface area contributed by atoms with Crippen LogP contribution in [0.2, 0.25) is 0 Å². The average Bonchev–Trinajstić information content (AvgIpc) is 2.38. The fourth-order valence-electron chi connectivity index (χ4n) is 1.52. The van der Waals surface area contributed by atoms with E-state index in [-0.39, 0.29) is 12.2 Å². The van der Waals surface area contributed by atoms with Crippen LogP contribution in [0.1, 0.15) is 25.0 Å². The molecule has 110 valence electrons. The third-order valence-corrected chi connectivity index (χ3v) is 2.49. The second-order valence-electron chi connectivity index (χ2n) is 3.93. The number of aromatic amines is 1. The Hall–Kier alpha value is -2.26. The normalized spacial score (nSPS) is 13.6. The first-order chi connectivity index (χ1) is 9.36. The Kier molecular flexibility index (Phi) is 5.35. The van der Waals surface area contributed by atoms with Crippen molar-refractivity contribution in [3.63, 3.8) is 0 Å². The molecule has 0 amide bonds. The second kappa shape index (κ2) is 6.78. The highest BCUT2D eigenvalue weighted by Gasteiger charge is 2.24. The van der Waals surface area contributed by atoms with Crippen LogP contribution < -0.4 is 5.56 Å². The van der Waals surface area contributed by atoms with Gasteiger partial charge in [0.2, 0.25) is 0 Å². The number of aliphatic hydroxyl groups excluding tert-OH is 2. The van der Waals surface area contributed by atoms with Gasteiger partial charge in [-0.05, 0) is 6.92 Å². The molecule has 0 saturated heterocycles. The van der Waals surface area contributed by atoms with E-state index in [1.807, 2.05) is 0 Å². The van der Waals surface area contributed by atoms with Crippen molar-refractivity contribution >= 4 is 11.7 Å². The van der Waals surface area contributed by atoms with Gasteiger partial charge >= 0.3 is 17.2 Å². The lowest BCUT2D eigenvalue weighted by Crippen LogP contribution is -2.24. The topological polar surface area (TPSA) is 143 Å². The van der Waals surface area contributed by atoms with Gasteiger partial charge in [0, 0.05) is 17.8 Å². The molecule has 3 N–H and O–H groups in total. The van der Waals surface area contributed by atoms with Gasteiger partial charge in [-0.2, -0.15) is 0 Å². The lowest BCUT2D eigenvalue weighted by Gasteiger charge is -2.16. The molecule has 1 aromatic rings. The monoisotopic (exact) mass is 286 g/mol. The first-order valence-electron chi connectivity index (χ1n) is 5.75. The molecule has 0 aliphatic carbocycles. The summed E-state index contributed by atoms with van der Waals surface area (Å²) >= 11 is 0. The zero-order valence-corrected chi connectivity index (χ0v) is 10.6. The molecule has 20 heavy (non-hydrogen) atoms. The van der Waals surface area contributed by atoms with Crippen LogP contribution in [0.5, 0.6) is 0 Å². The first-order valence-corrected chi connectivity index (χ1v) is 5.75. The van der Waals surface area contributed by atoms with Crippen molar-refractivity contribution in [2.24, 2.45) is 0 Å². The van der Waals surface area contributed by atoms with Gasteiger partial charge in [0.05, 0.1) is 24.1 Å². The van der Waals surface area contributed by atoms with Crippen LogP contribution in [0.3, 0.4) is 0 Å².